The number of aromatic nitrogens is 1. The first-order chi connectivity index (χ1) is 10.6. The highest BCUT2D eigenvalue weighted by Gasteiger charge is 2.11. The standard InChI is InChI=1S/C17H14ClNO3/c18-13-4-6-14(7-5-13)22-11-10-19-9-8-12-2-1-3-15(16(12)19)17(20)21/h1-9H,10-11H2,(H,20,21). The predicted octanol–water partition coefficient (Wildman–Crippen LogP) is 4.07. The van der Waals surface area contributed by atoms with Crippen molar-refractivity contribution in [1.82, 2.24) is 4.57 Å². The molecule has 3 aromatic rings. The molecule has 0 amide bonds. The molecular weight excluding hydrogens is 302 g/mol. The number of carboxylic acids is 1. The van der Waals surface area contributed by atoms with Gasteiger partial charge in [-0.3, -0.25) is 0 Å². The van der Waals surface area contributed by atoms with Gasteiger partial charge >= 0.3 is 5.97 Å². The molecule has 112 valence electrons. The Morgan fingerprint density at radius 3 is 2.64 bits per heavy atom. The van der Waals surface area contributed by atoms with Gasteiger partial charge < -0.3 is 14.4 Å². The minimum absolute atomic E-state index is 0.300. The lowest BCUT2D eigenvalue weighted by Crippen LogP contribution is -2.09. The van der Waals surface area contributed by atoms with Gasteiger partial charge in [0.25, 0.3) is 0 Å². The van der Waals surface area contributed by atoms with Crippen LogP contribution in [-0.2, 0) is 6.54 Å². The van der Waals surface area contributed by atoms with Crippen LogP contribution in [0.15, 0.2) is 54.7 Å². The summed E-state index contributed by atoms with van der Waals surface area (Å²) in [6.07, 6.45) is 1.88. The number of hydrogen-bond donors (Lipinski definition) is 1. The lowest BCUT2D eigenvalue weighted by atomic mass is 10.1. The van der Waals surface area contributed by atoms with Crippen LogP contribution in [0.5, 0.6) is 5.75 Å². The van der Waals surface area contributed by atoms with Gasteiger partial charge in [0, 0.05) is 16.6 Å². The molecule has 22 heavy (non-hydrogen) atoms. The highest BCUT2D eigenvalue weighted by atomic mass is 35.5. The van der Waals surface area contributed by atoms with Crippen LogP contribution in [0.4, 0.5) is 0 Å². The lowest BCUT2D eigenvalue weighted by molar-refractivity contribution is 0.0698. The van der Waals surface area contributed by atoms with E-state index in [0.717, 1.165) is 16.7 Å². The Morgan fingerprint density at radius 1 is 1.14 bits per heavy atom. The van der Waals surface area contributed by atoms with Crippen LogP contribution in [0.25, 0.3) is 10.9 Å². The fourth-order valence-electron chi connectivity index (χ4n) is 2.41. The third-order valence-corrected chi connectivity index (χ3v) is 3.69. The number of aromatic carboxylic acids is 1. The van der Waals surface area contributed by atoms with Crippen LogP contribution in [0, 0.1) is 0 Å². The van der Waals surface area contributed by atoms with E-state index in [1.54, 1.807) is 36.4 Å². The predicted molar refractivity (Wildman–Crippen MR) is 85.8 cm³/mol. The normalized spacial score (nSPS) is 10.8. The van der Waals surface area contributed by atoms with Gasteiger partial charge in [-0.1, -0.05) is 23.7 Å². The number of fused-ring (bicyclic) bond motifs is 1. The van der Waals surface area contributed by atoms with E-state index in [-0.39, 0.29) is 0 Å². The molecule has 0 fully saturated rings. The van der Waals surface area contributed by atoms with Crippen LogP contribution in [0.1, 0.15) is 10.4 Å². The van der Waals surface area contributed by atoms with Gasteiger partial charge in [0.05, 0.1) is 17.6 Å². The van der Waals surface area contributed by atoms with Gasteiger partial charge in [0.2, 0.25) is 0 Å². The van der Waals surface area contributed by atoms with E-state index in [1.807, 2.05) is 22.9 Å². The maximum atomic E-state index is 11.3. The van der Waals surface area contributed by atoms with E-state index < -0.39 is 5.97 Å². The van der Waals surface area contributed by atoms with Crippen molar-refractivity contribution >= 4 is 28.5 Å². The number of halogens is 1. The molecule has 0 aliphatic carbocycles. The molecule has 0 bridgehead atoms. The number of benzene rings is 2. The van der Waals surface area contributed by atoms with Crippen LogP contribution >= 0.6 is 11.6 Å². The molecule has 4 nitrogen and oxygen atoms in total. The first-order valence-corrected chi connectivity index (χ1v) is 7.22. The van der Waals surface area contributed by atoms with Crippen molar-refractivity contribution in [2.45, 2.75) is 6.54 Å². The zero-order valence-electron chi connectivity index (χ0n) is 11.7. The topological polar surface area (TPSA) is 51.5 Å². The van der Waals surface area contributed by atoms with Gasteiger partial charge in [-0.15, -0.1) is 0 Å². The zero-order valence-corrected chi connectivity index (χ0v) is 12.5. The van der Waals surface area contributed by atoms with Gasteiger partial charge in [0.1, 0.15) is 12.4 Å². The second kappa shape index (κ2) is 6.12. The molecule has 5 heteroatoms. The summed E-state index contributed by atoms with van der Waals surface area (Å²) in [7, 11) is 0. The van der Waals surface area contributed by atoms with Crippen LogP contribution in [0.3, 0.4) is 0 Å². The maximum Gasteiger partial charge on any atom is 0.337 e. The number of carbonyl (C=O) groups is 1. The number of ether oxygens (including phenoxy) is 1. The van der Waals surface area contributed by atoms with Crippen molar-refractivity contribution in [2.24, 2.45) is 0 Å². The molecule has 0 aliphatic heterocycles. The Hall–Kier alpha value is -2.46. The SMILES string of the molecule is O=C(O)c1cccc2ccn(CCOc3ccc(Cl)cc3)c12. The average molecular weight is 316 g/mol. The third-order valence-electron chi connectivity index (χ3n) is 3.43. The molecule has 0 spiro atoms. The lowest BCUT2D eigenvalue weighted by Gasteiger charge is -2.09. The minimum atomic E-state index is -0.927. The monoisotopic (exact) mass is 315 g/mol. The summed E-state index contributed by atoms with van der Waals surface area (Å²) in [4.78, 5) is 11.3. The van der Waals surface area contributed by atoms with Gasteiger partial charge in [-0.2, -0.15) is 0 Å². The number of hydrogen-bond acceptors (Lipinski definition) is 2. The van der Waals surface area contributed by atoms with Crippen molar-refractivity contribution in [2.75, 3.05) is 6.61 Å². The number of nitrogens with zero attached hydrogens (tertiary/aromatic N) is 1. The minimum Gasteiger partial charge on any atom is -0.492 e. The zero-order chi connectivity index (χ0) is 15.5. The van der Waals surface area contributed by atoms with Crippen LogP contribution in [0.2, 0.25) is 5.02 Å². The van der Waals surface area contributed by atoms with Crippen LogP contribution < -0.4 is 4.74 Å². The Kier molecular flexibility index (Phi) is 4.02. The molecule has 2 aromatic carbocycles. The number of rotatable bonds is 5. The highest BCUT2D eigenvalue weighted by molar-refractivity contribution is 6.30. The van der Waals surface area contributed by atoms with E-state index in [4.69, 9.17) is 16.3 Å². The Morgan fingerprint density at radius 2 is 1.91 bits per heavy atom. The average Bonchev–Trinajstić information content (AvgIpc) is 2.92. The fourth-order valence-corrected chi connectivity index (χ4v) is 2.54. The molecule has 1 aromatic heterocycles. The Bertz CT molecular complexity index is 808. The quantitative estimate of drug-likeness (QED) is 0.772. The van der Waals surface area contributed by atoms with E-state index in [9.17, 15) is 9.90 Å². The molecule has 0 aliphatic rings. The maximum absolute atomic E-state index is 11.3. The summed E-state index contributed by atoms with van der Waals surface area (Å²) in [5.74, 6) is -0.191. The van der Waals surface area contributed by atoms with E-state index in [0.29, 0.717) is 23.7 Å². The summed E-state index contributed by atoms with van der Waals surface area (Å²) in [6, 6.07) is 14.3. The first kappa shape index (κ1) is 14.5. The molecule has 1 N–H and O–H groups in total. The number of carboxylic acid groups (broad SMARTS) is 1. The molecule has 0 radical (unpaired) electrons. The summed E-state index contributed by atoms with van der Waals surface area (Å²) < 4.78 is 7.55. The van der Waals surface area contributed by atoms with Crippen molar-refractivity contribution in [1.29, 1.82) is 0 Å². The Balaban J connectivity index is 1.76. The van der Waals surface area contributed by atoms with Gasteiger partial charge in [-0.05, 0) is 36.4 Å². The second-order valence-corrected chi connectivity index (χ2v) is 5.30. The van der Waals surface area contributed by atoms with Crippen molar-refractivity contribution in [3.05, 3.63) is 65.3 Å². The largest absolute Gasteiger partial charge is 0.492 e. The van der Waals surface area contributed by atoms with Gasteiger partial charge in [0.15, 0.2) is 0 Å². The summed E-state index contributed by atoms with van der Waals surface area (Å²) in [6.45, 7) is 1.01. The first-order valence-electron chi connectivity index (χ1n) is 6.84. The summed E-state index contributed by atoms with van der Waals surface area (Å²) in [5.41, 5.74) is 1.02. The summed E-state index contributed by atoms with van der Waals surface area (Å²) in [5, 5.41) is 10.9. The van der Waals surface area contributed by atoms with Crippen molar-refractivity contribution in [3.63, 3.8) is 0 Å². The van der Waals surface area contributed by atoms with E-state index >= 15 is 0 Å². The molecule has 0 saturated carbocycles. The molecule has 0 atom stereocenters. The molecule has 0 saturated heterocycles. The molecule has 1 heterocycles. The van der Waals surface area contributed by atoms with E-state index in [1.165, 1.54) is 0 Å². The fraction of sp³-hybridized carbons (Fsp3) is 0.118. The van der Waals surface area contributed by atoms with Gasteiger partial charge in [-0.25, -0.2) is 4.79 Å². The van der Waals surface area contributed by atoms with Crippen molar-refractivity contribution in [3.8, 4) is 5.75 Å². The van der Waals surface area contributed by atoms with Crippen LogP contribution in [-0.4, -0.2) is 22.2 Å². The van der Waals surface area contributed by atoms with Crippen molar-refractivity contribution < 1.29 is 14.6 Å². The smallest absolute Gasteiger partial charge is 0.337 e. The second-order valence-electron chi connectivity index (χ2n) is 4.86. The molecule has 0 unspecified atom stereocenters. The Labute approximate surface area is 132 Å². The molecular formula is C17H14ClNO3. The number of para-hydroxylation sites is 1. The highest BCUT2D eigenvalue weighted by Crippen LogP contribution is 2.21. The molecule has 3 rings (SSSR count). The summed E-state index contributed by atoms with van der Waals surface area (Å²) >= 11 is 5.82. The third kappa shape index (κ3) is 2.92. The van der Waals surface area contributed by atoms with E-state index in [2.05, 4.69) is 0 Å².